The van der Waals surface area contributed by atoms with Crippen LogP contribution in [0.4, 0.5) is 0 Å². The molecule has 2 aromatic rings. The number of carbonyl (C=O) groups excluding carboxylic acids is 2. The molecule has 0 aromatic heterocycles. The van der Waals surface area contributed by atoms with Gasteiger partial charge in [0, 0.05) is 28.2 Å². The van der Waals surface area contributed by atoms with Crippen molar-refractivity contribution < 1.29 is 9.59 Å². The molecule has 162 valence electrons. The number of amides is 2. The van der Waals surface area contributed by atoms with Crippen LogP contribution in [-0.2, 0) is 22.6 Å². The van der Waals surface area contributed by atoms with Crippen LogP contribution in [0.2, 0.25) is 10.0 Å². The van der Waals surface area contributed by atoms with Crippen molar-refractivity contribution in [2.45, 2.75) is 66.1 Å². The number of rotatable bonds is 8. The molecule has 2 amide bonds. The molecule has 0 aliphatic rings. The second-order valence-corrected chi connectivity index (χ2v) is 8.70. The number of halogens is 2. The van der Waals surface area contributed by atoms with Gasteiger partial charge >= 0.3 is 0 Å². The molecule has 2 aromatic carbocycles. The van der Waals surface area contributed by atoms with Gasteiger partial charge in [0.05, 0.1) is 6.42 Å². The smallest absolute Gasteiger partial charge is 0.242 e. The molecule has 0 aliphatic carbocycles. The minimum atomic E-state index is -0.662. The molecule has 0 fully saturated rings. The second-order valence-electron chi connectivity index (χ2n) is 7.89. The topological polar surface area (TPSA) is 49.4 Å². The molecule has 6 heteroatoms. The third kappa shape index (κ3) is 6.48. The first-order valence-electron chi connectivity index (χ1n) is 10.2. The summed E-state index contributed by atoms with van der Waals surface area (Å²) in [5.41, 5.74) is 3.75. The number of nitrogens with one attached hydrogen (secondary N) is 1. The van der Waals surface area contributed by atoms with Crippen molar-refractivity contribution in [2.24, 2.45) is 0 Å². The van der Waals surface area contributed by atoms with E-state index in [9.17, 15) is 9.59 Å². The molecule has 0 saturated heterocycles. The molecule has 0 heterocycles. The highest BCUT2D eigenvalue weighted by molar-refractivity contribution is 6.36. The summed E-state index contributed by atoms with van der Waals surface area (Å²) in [4.78, 5) is 27.7. The van der Waals surface area contributed by atoms with Gasteiger partial charge in [-0.25, -0.2) is 0 Å². The van der Waals surface area contributed by atoms with Crippen LogP contribution in [0, 0.1) is 13.8 Å². The van der Waals surface area contributed by atoms with Gasteiger partial charge in [-0.1, -0.05) is 65.5 Å². The van der Waals surface area contributed by atoms with E-state index in [2.05, 4.69) is 11.4 Å². The van der Waals surface area contributed by atoms with Gasteiger partial charge < -0.3 is 10.2 Å². The maximum atomic E-state index is 13.3. The third-order valence-corrected chi connectivity index (χ3v) is 5.90. The molecule has 4 nitrogen and oxygen atoms in total. The largest absolute Gasteiger partial charge is 0.352 e. The van der Waals surface area contributed by atoms with Crippen LogP contribution < -0.4 is 5.32 Å². The first kappa shape index (κ1) is 24.2. The fourth-order valence-corrected chi connectivity index (χ4v) is 3.87. The number of benzene rings is 2. The quantitative estimate of drug-likeness (QED) is 0.580. The first-order chi connectivity index (χ1) is 14.1. The van der Waals surface area contributed by atoms with Gasteiger partial charge in [0.1, 0.15) is 6.04 Å². The van der Waals surface area contributed by atoms with Crippen LogP contribution in [0.5, 0.6) is 0 Å². The van der Waals surface area contributed by atoms with Crippen molar-refractivity contribution in [1.29, 1.82) is 0 Å². The van der Waals surface area contributed by atoms with E-state index in [4.69, 9.17) is 23.2 Å². The van der Waals surface area contributed by atoms with E-state index in [-0.39, 0.29) is 30.8 Å². The maximum absolute atomic E-state index is 13.3. The molecule has 0 bridgehead atoms. The van der Waals surface area contributed by atoms with Crippen molar-refractivity contribution >= 4 is 35.0 Å². The Morgan fingerprint density at radius 1 is 1.03 bits per heavy atom. The summed E-state index contributed by atoms with van der Waals surface area (Å²) in [5, 5.41) is 3.91. The Bertz CT molecular complexity index is 874. The highest BCUT2D eigenvalue weighted by atomic mass is 35.5. The number of nitrogens with zero attached hydrogens (tertiary/aromatic N) is 1. The van der Waals surface area contributed by atoms with Crippen molar-refractivity contribution in [2.75, 3.05) is 0 Å². The lowest BCUT2D eigenvalue weighted by Gasteiger charge is -2.30. The Balaban J connectivity index is 2.33. The fourth-order valence-electron chi connectivity index (χ4n) is 3.35. The van der Waals surface area contributed by atoms with Gasteiger partial charge in [0.25, 0.3) is 0 Å². The number of carbonyl (C=O) groups is 2. The van der Waals surface area contributed by atoms with E-state index >= 15 is 0 Å². The highest BCUT2D eigenvalue weighted by Gasteiger charge is 2.28. The van der Waals surface area contributed by atoms with E-state index < -0.39 is 6.04 Å². The van der Waals surface area contributed by atoms with Crippen LogP contribution in [0.15, 0.2) is 36.4 Å². The Hall–Kier alpha value is -2.04. The average molecular weight is 449 g/mol. The number of aryl methyl sites for hydroxylation is 2. The monoisotopic (exact) mass is 448 g/mol. The predicted molar refractivity (Wildman–Crippen MR) is 124 cm³/mol. The molecular weight excluding hydrogens is 419 g/mol. The van der Waals surface area contributed by atoms with Gasteiger partial charge in [-0.3, -0.25) is 9.59 Å². The van der Waals surface area contributed by atoms with Crippen LogP contribution in [0.3, 0.4) is 0 Å². The molecule has 0 radical (unpaired) electrons. The summed E-state index contributed by atoms with van der Waals surface area (Å²) >= 11 is 12.7. The van der Waals surface area contributed by atoms with Crippen molar-refractivity contribution in [3.8, 4) is 0 Å². The minimum Gasteiger partial charge on any atom is -0.352 e. The molecular formula is C24H30Cl2N2O2. The zero-order chi connectivity index (χ0) is 22.4. The predicted octanol–water partition coefficient (Wildman–Crippen LogP) is 5.48. The molecule has 0 unspecified atom stereocenters. The summed E-state index contributed by atoms with van der Waals surface area (Å²) < 4.78 is 0. The van der Waals surface area contributed by atoms with Crippen LogP contribution in [0.25, 0.3) is 0 Å². The van der Waals surface area contributed by atoms with E-state index in [1.807, 2.05) is 39.8 Å². The zero-order valence-electron chi connectivity index (χ0n) is 18.3. The van der Waals surface area contributed by atoms with Crippen LogP contribution in [0.1, 0.15) is 49.4 Å². The fraction of sp³-hybridized carbons (Fsp3) is 0.417. The van der Waals surface area contributed by atoms with E-state index in [1.54, 1.807) is 30.0 Å². The van der Waals surface area contributed by atoms with Gasteiger partial charge in [-0.2, -0.15) is 0 Å². The molecule has 2 rings (SSSR count). The Labute approximate surface area is 189 Å². The van der Waals surface area contributed by atoms with Crippen LogP contribution >= 0.6 is 23.2 Å². The van der Waals surface area contributed by atoms with Crippen molar-refractivity contribution in [1.82, 2.24) is 10.2 Å². The third-order valence-electron chi connectivity index (χ3n) is 5.20. The lowest BCUT2D eigenvalue weighted by Crippen LogP contribution is -2.50. The number of hydrogen-bond acceptors (Lipinski definition) is 2. The SMILES string of the molecule is CC[C@@H](C)NC(=O)[C@H](C)N(Cc1c(Cl)cccc1Cl)C(=O)Cc1cc(C)cc(C)c1. The summed E-state index contributed by atoms with van der Waals surface area (Å²) in [6, 6.07) is 10.7. The lowest BCUT2D eigenvalue weighted by molar-refractivity contribution is -0.140. The minimum absolute atomic E-state index is 0.0280. The number of hydrogen-bond donors (Lipinski definition) is 1. The van der Waals surface area contributed by atoms with Crippen molar-refractivity contribution in [3.63, 3.8) is 0 Å². The second kappa shape index (κ2) is 10.8. The van der Waals surface area contributed by atoms with Crippen LogP contribution in [-0.4, -0.2) is 28.8 Å². The summed E-state index contributed by atoms with van der Waals surface area (Å²) in [6.45, 7) is 9.85. The first-order valence-corrected chi connectivity index (χ1v) is 11.0. The molecule has 0 spiro atoms. The van der Waals surface area contributed by atoms with Gasteiger partial charge in [0.2, 0.25) is 11.8 Å². The molecule has 2 atom stereocenters. The van der Waals surface area contributed by atoms with E-state index in [1.165, 1.54) is 0 Å². The Morgan fingerprint density at radius 2 is 1.60 bits per heavy atom. The Kier molecular flexibility index (Phi) is 8.75. The van der Waals surface area contributed by atoms with Gasteiger partial charge in [-0.15, -0.1) is 0 Å². The summed E-state index contributed by atoms with van der Waals surface area (Å²) in [5.74, 6) is -0.343. The molecule has 0 saturated carbocycles. The van der Waals surface area contributed by atoms with E-state index in [0.29, 0.717) is 15.6 Å². The average Bonchev–Trinajstić information content (AvgIpc) is 2.66. The van der Waals surface area contributed by atoms with Gasteiger partial charge in [0.15, 0.2) is 0 Å². The standard InChI is InChI=1S/C24H30Cl2N2O2/c1-6-17(4)27-24(30)18(5)28(14-20-21(25)8-7-9-22(20)26)23(29)13-19-11-15(2)10-16(3)12-19/h7-12,17-18H,6,13-14H2,1-5H3,(H,27,30)/t17-,18+/m1/s1. The molecule has 30 heavy (non-hydrogen) atoms. The van der Waals surface area contributed by atoms with Crippen molar-refractivity contribution in [3.05, 3.63) is 68.7 Å². The normalized spacial score (nSPS) is 12.9. The molecule has 0 aliphatic heterocycles. The Morgan fingerprint density at radius 3 is 2.13 bits per heavy atom. The highest BCUT2D eigenvalue weighted by Crippen LogP contribution is 2.27. The van der Waals surface area contributed by atoms with Gasteiger partial charge in [-0.05, 0) is 51.8 Å². The summed E-state index contributed by atoms with van der Waals surface area (Å²) in [6.07, 6.45) is 1.01. The lowest BCUT2D eigenvalue weighted by atomic mass is 10.0. The van der Waals surface area contributed by atoms with E-state index in [0.717, 1.165) is 23.1 Å². The zero-order valence-corrected chi connectivity index (χ0v) is 19.8. The molecule has 1 N–H and O–H groups in total. The maximum Gasteiger partial charge on any atom is 0.242 e. The summed E-state index contributed by atoms with van der Waals surface area (Å²) in [7, 11) is 0.